The van der Waals surface area contributed by atoms with E-state index in [4.69, 9.17) is 17.3 Å². The van der Waals surface area contributed by atoms with Crippen molar-refractivity contribution in [2.45, 2.75) is 13.0 Å². The van der Waals surface area contributed by atoms with Crippen LogP contribution < -0.4 is 5.73 Å². The van der Waals surface area contributed by atoms with Crippen molar-refractivity contribution in [2.24, 2.45) is 0 Å². The van der Waals surface area contributed by atoms with Gasteiger partial charge in [0.2, 0.25) is 5.95 Å². The summed E-state index contributed by atoms with van der Waals surface area (Å²) in [6.45, 7) is 0.559. The summed E-state index contributed by atoms with van der Waals surface area (Å²) in [5.74, 6) is 0.215. The minimum Gasteiger partial charge on any atom is -0.369 e. The van der Waals surface area contributed by atoms with Crippen LogP contribution in [0.25, 0.3) is 11.0 Å². The lowest BCUT2D eigenvalue weighted by molar-refractivity contribution is 0.597. The minimum atomic E-state index is -0.200. The smallest absolute Gasteiger partial charge is 0.201 e. The van der Waals surface area contributed by atoms with Gasteiger partial charge in [0.1, 0.15) is 5.82 Å². The number of imidazole rings is 1. The standard InChI is InChI=1S/C15H13ClFN3/c16-11-5-6-13-14(9-11)20(15(18)19-13)8-7-10-3-1-2-4-12(10)17/h1-6,9H,7-8H2,(H2,18,19). The fourth-order valence-electron chi connectivity index (χ4n) is 2.28. The van der Waals surface area contributed by atoms with E-state index in [1.807, 2.05) is 22.8 Å². The molecule has 0 bridgehead atoms. The fraction of sp³-hybridized carbons (Fsp3) is 0.133. The monoisotopic (exact) mass is 289 g/mol. The summed E-state index contributed by atoms with van der Waals surface area (Å²) < 4.78 is 15.5. The number of nitrogens with two attached hydrogens (primary N) is 1. The van der Waals surface area contributed by atoms with Gasteiger partial charge in [-0.25, -0.2) is 9.37 Å². The highest BCUT2D eigenvalue weighted by Gasteiger charge is 2.09. The number of hydrogen-bond donors (Lipinski definition) is 1. The first-order chi connectivity index (χ1) is 9.65. The number of anilines is 1. The van der Waals surface area contributed by atoms with Gasteiger partial charge >= 0.3 is 0 Å². The van der Waals surface area contributed by atoms with Crippen LogP contribution in [0.5, 0.6) is 0 Å². The van der Waals surface area contributed by atoms with E-state index >= 15 is 0 Å². The summed E-state index contributed by atoms with van der Waals surface area (Å²) in [6.07, 6.45) is 0.550. The molecule has 3 aromatic rings. The number of fused-ring (bicyclic) bond motifs is 1. The Kier molecular flexibility index (Phi) is 3.32. The maximum Gasteiger partial charge on any atom is 0.201 e. The van der Waals surface area contributed by atoms with Gasteiger partial charge in [0, 0.05) is 11.6 Å². The van der Waals surface area contributed by atoms with Crippen molar-refractivity contribution in [1.82, 2.24) is 9.55 Å². The number of aromatic nitrogens is 2. The van der Waals surface area contributed by atoms with Gasteiger partial charge in [0.05, 0.1) is 11.0 Å². The van der Waals surface area contributed by atoms with Crippen molar-refractivity contribution in [3.05, 3.63) is 58.9 Å². The molecule has 1 aromatic heterocycles. The first-order valence-corrected chi connectivity index (χ1v) is 6.67. The molecule has 1 heterocycles. The molecule has 0 aliphatic carbocycles. The van der Waals surface area contributed by atoms with Crippen LogP contribution in [-0.4, -0.2) is 9.55 Å². The Labute approximate surface area is 120 Å². The fourth-order valence-corrected chi connectivity index (χ4v) is 2.45. The molecule has 0 amide bonds. The molecule has 5 heteroatoms. The molecular weight excluding hydrogens is 277 g/mol. The molecule has 20 heavy (non-hydrogen) atoms. The Morgan fingerprint density at radius 3 is 2.80 bits per heavy atom. The molecule has 0 aliphatic heterocycles. The highest BCUT2D eigenvalue weighted by atomic mass is 35.5. The highest BCUT2D eigenvalue weighted by molar-refractivity contribution is 6.31. The third-order valence-corrected chi connectivity index (χ3v) is 3.54. The second kappa shape index (κ2) is 5.13. The zero-order valence-corrected chi connectivity index (χ0v) is 11.4. The van der Waals surface area contributed by atoms with E-state index in [2.05, 4.69) is 4.98 Å². The number of nitrogens with zero attached hydrogens (tertiary/aromatic N) is 2. The molecule has 0 atom stereocenters. The maximum atomic E-state index is 13.6. The summed E-state index contributed by atoms with van der Waals surface area (Å²) in [5, 5.41) is 0.629. The van der Waals surface area contributed by atoms with Crippen molar-refractivity contribution in [2.75, 3.05) is 5.73 Å². The van der Waals surface area contributed by atoms with Crippen molar-refractivity contribution < 1.29 is 4.39 Å². The molecular formula is C15H13ClFN3. The summed E-state index contributed by atoms with van der Waals surface area (Å²) in [6, 6.07) is 12.2. The predicted octanol–water partition coefficient (Wildman–Crippen LogP) is 3.65. The molecule has 0 unspecified atom stereocenters. The zero-order valence-electron chi connectivity index (χ0n) is 10.7. The third-order valence-electron chi connectivity index (χ3n) is 3.30. The van der Waals surface area contributed by atoms with Gasteiger partial charge in [-0.1, -0.05) is 29.8 Å². The van der Waals surface area contributed by atoms with Crippen molar-refractivity contribution in [3.63, 3.8) is 0 Å². The molecule has 2 aromatic carbocycles. The van der Waals surface area contributed by atoms with Gasteiger partial charge in [0.25, 0.3) is 0 Å². The van der Waals surface area contributed by atoms with Crippen molar-refractivity contribution >= 4 is 28.6 Å². The number of halogens is 2. The van der Waals surface area contributed by atoms with Crippen LogP contribution in [0.2, 0.25) is 5.02 Å². The molecule has 102 valence electrons. The van der Waals surface area contributed by atoms with Gasteiger partial charge in [-0.15, -0.1) is 0 Å². The minimum absolute atomic E-state index is 0.200. The van der Waals surface area contributed by atoms with E-state index in [9.17, 15) is 4.39 Å². The van der Waals surface area contributed by atoms with E-state index < -0.39 is 0 Å². The Hall–Kier alpha value is -2.07. The summed E-state index contributed by atoms with van der Waals surface area (Å²) in [5.41, 5.74) is 8.24. The van der Waals surface area contributed by atoms with Crippen LogP contribution in [0, 0.1) is 5.82 Å². The van der Waals surface area contributed by atoms with Crippen LogP contribution in [0.1, 0.15) is 5.56 Å². The largest absolute Gasteiger partial charge is 0.369 e. The van der Waals surface area contributed by atoms with Crippen LogP contribution in [0.4, 0.5) is 10.3 Å². The number of aryl methyl sites for hydroxylation is 2. The molecule has 2 N–H and O–H groups in total. The Morgan fingerprint density at radius 1 is 1.20 bits per heavy atom. The van der Waals surface area contributed by atoms with E-state index in [0.29, 0.717) is 29.5 Å². The lowest BCUT2D eigenvalue weighted by atomic mass is 10.1. The van der Waals surface area contributed by atoms with E-state index in [1.165, 1.54) is 6.07 Å². The first kappa shape index (κ1) is 12.9. The predicted molar refractivity (Wildman–Crippen MR) is 79.3 cm³/mol. The van der Waals surface area contributed by atoms with Crippen LogP contribution in [-0.2, 0) is 13.0 Å². The van der Waals surface area contributed by atoms with E-state index in [-0.39, 0.29) is 5.82 Å². The second-order valence-electron chi connectivity index (χ2n) is 4.60. The Balaban J connectivity index is 1.93. The van der Waals surface area contributed by atoms with Gasteiger partial charge in [-0.2, -0.15) is 0 Å². The van der Waals surface area contributed by atoms with Crippen molar-refractivity contribution in [3.8, 4) is 0 Å². The zero-order chi connectivity index (χ0) is 14.1. The maximum absolute atomic E-state index is 13.6. The normalized spacial score (nSPS) is 11.1. The summed E-state index contributed by atoms with van der Waals surface area (Å²) >= 11 is 6.00. The molecule has 0 spiro atoms. The highest BCUT2D eigenvalue weighted by Crippen LogP contribution is 2.22. The third kappa shape index (κ3) is 2.34. The number of hydrogen-bond acceptors (Lipinski definition) is 2. The number of nitrogen functional groups attached to an aromatic ring is 1. The van der Waals surface area contributed by atoms with Gasteiger partial charge in [-0.05, 0) is 36.2 Å². The van der Waals surface area contributed by atoms with Crippen LogP contribution in [0.15, 0.2) is 42.5 Å². The first-order valence-electron chi connectivity index (χ1n) is 6.30. The SMILES string of the molecule is Nc1nc2ccc(Cl)cc2n1CCc1ccccc1F. The van der Waals surface area contributed by atoms with Gasteiger partial charge < -0.3 is 10.3 Å². The lowest BCUT2D eigenvalue weighted by Gasteiger charge is -2.07. The average Bonchev–Trinajstić information content (AvgIpc) is 2.73. The van der Waals surface area contributed by atoms with E-state index in [0.717, 1.165) is 11.0 Å². The number of rotatable bonds is 3. The Morgan fingerprint density at radius 2 is 2.00 bits per heavy atom. The molecule has 0 saturated carbocycles. The lowest BCUT2D eigenvalue weighted by Crippen LogP contribution is -2.06. The molecule has 3 nitrogen and oxygen atoms in total. The summed E-state index contributed by atoms with van der Waals surface area (Å²) in [7, 11) is 0. The molecule has 0 fully saturated rings. The van der Waals surface area contributed by atoms with Crippen LogP contribution in [0.3, 0.4) is 0 Å². The van der Waals surface area contributed by atoms with Gasteiger partial charge in [0.15, 0.2) is 0 Å². The van der Waals surface area contributed by atoms with E-state index in [1.54, 1.807) is 18.2 Å². The van der Waals surface area contributed by atoms with Crippen molar-refractivity contribution in [1.29, 1.82) is 0 Å². The molecule has 0 aliphatic rings. The average molecular weight is 290 g/mol. The summed E-state index contributed by atoms with van der Waals surface area (Å²) in [4.78, 5) is 4.28. The topological polar surface area (TPSA) is 43.8 Å². The quantitative estimate of drug-likeness (QED) is 0.800. The second-order valence-corrected chi connectivity index (χ2v) is 5.03. The number of benzene rings is 2. The molecule has 0 radical (unpaired) electrons. The van der Waals surface area contributed by atoms with Gasteiger partial charge in [-0.3, -0.25) is 0 Å². The van der Waals surface area contributed by atoms with Crippen LogP contribution >= 0.6 is 11.6 Å². The molecule has 0 saturated heterocycles. The molecule has 3 rings (SSSR count). The Bertz CT molecular complexity index is 767.